The highest BCUT2D eigenvalue weighted by Gasteiger charge is 2.03. The van der Waals surface area contributed by atoms with Crippen LogP contribution in [0.1, 0.15) is 16.7 Å². The monoisotopic (exact) mass is 317 g/mol. The molecular formula is C22H23NO. The van der Waals surface area contributed by atoms with Crippen LogP contribution in [0.3, 0.4) is 0 Å². The molecule has 0 aromatic heterocycles. The fourth-order valence-corrected chi connectivity index (χ4v) is 2.63. The summed E-state index contributed by atoms with van der Waals surface area (Å²) >= 11 is 0. The molecule has 1 N–H and O–H groups in total. The Labute approximate surface area is 144 Å². The summed E-state index contributed by atoms with van der Waals surface area (Å²) in [5.74, 6) is 0.952. The van der Waals surface area contributed by atoms with Crippen LogP contribution in [0.5, 0.6) is 5.75 Å². The number of para-hydroxylation sites is 1. The van der Waals surface area contributed by atoms with Gasteiger partial charge < -0.3 is 10.1 Å². The highest BCUT2D eigenvalue weighted by atomic mass is 16.5. The zero-order valence-corrected chi connectivity index (χ0v) is 13.8. The number of rotatable bonds is 8. The molecule has 24 heavy (non-hydrogen) atoms. The van der Waals surface area contributed by atoms with E-state index in [2.05, 4.69) is 59.9 Å². The van der Waals surface area contributed by atoms with Crippen molar-refractivity contribution in [1.82, 2.24) is 5.32 Å². The summed E-state index contributed by atoms with van der Waals surface area (Å²) in [5, 5.41) is 3.51. The number of benzene rings is 3. The van der Waals surface area contributed by atoms with Crippen molar-refractivity contribution >= 4 is 0 Å². The third-order valence-electron chi connectivity index (χ3n) is 3.96. The Morgan fingerprint density at radius 3 is 2.04 bits per heavy atom. The van der Waals surface area contributed by atoms with Crippen LogP contribution in [0, 0.1) is 0 Å². The van der Waals surface area contributed by atoms with Crippen molar-refractivity contribution in [2.75, 3.05) is 6.54 Å². The third-order valence-corrected chi connectivity index (χ3v) is 3.96. The molecule has 0 bridgehead atoms. The normalized spacial score (nSPS) is 10.5. The quantitative estimate of drug-likeness (QED) is 0.613. The van der Waals surface area contributed by atoms with E-state index in [0.29, 0.717) is 6.61 Å². The first-order valence-corrected chi connectivity index (χ1v) is 8.41. The van der Waals surface area contributed by atoms with Gasteiger partial charge >= 0.3 is 0 Å². The minimum Gasteiger partial charge on any atom is -0.489 e. The number of ether oxygens (including phenoxy) is 1. The van der Waals surface area contributed by atoms with Crippen molar-refractivity contribution in [3.8, 4) is 5.75 Å². The Hall–Kier alpha value is -2.58. The molecule has 2 nitrogen and oxygen atoms in total. The molecule has 0 radical (unpaired) electrons. The van der Waals surface area contributed by atoms with Gasteiger partial charge in [-0.1, -0.05) is 78.9 Å². The summed E-state index contributed by atoms with van der Waals surface area (Å²) in [5.41, 5.74) is 3.74. The molecular weight excluding hydrogens is 294 g/mol. The van der Waals surface area contributed by atoms with E-state index in [0.717, 1.165) is 25.3 Å². The maximum atomic E-state index is 6.00. The molecule has 0 aliphatic heterocycles. The van der Waals surface area contributed by atoms with Crippen molar-refractivity contribution in [3.63, 3.8) is 0 Å². The zero-order chi connectivity index (χ0) is 16.5. The second kappa shape index (κ2) is 8.90. The van der Waals surface area contributed by atoms with Crippen LogP contribution >= 0.6 is 0 Å². The summed E-state index contributed by atoms with van der Waals surface area (Å²) in [4.78, 5) is 0. The van der Waals surface area contributed by atoms with Gasteiger partial charge in [0.2, 0.25) is 0 Å². The lowest BCUT2D eigenvalue weighted by atomic mass is 10.1. The summed E-state index contributed by atoms with van der Waals surface area (Å²) in [6, 6.07) is 29.1. The van der Waals surface area contributed by atoms with Crippen LogP contribution in [-0.2, 0) is 19.6 Å². The van der Waals surface area contributed by atoms with Gasteiger partial charge in [0.15, 0.2) is 0 Å². The molecule has 2 heteroatoms. The summed E-state index contributed by atoms with van der Waals surface area (Å²) in [6.07, 6.45) is 1.04. The molecule has 122 valence electrons. The second-order valence-electron chi connectivity index (χ2n) is 5.79. The van der Waals surface area contributed by atoms with Gasteiger partial charge in [0, 0.05) is 12.1 Å². The minimum atomic E-state index is 0.599. The van der Waals surface area contributed by atoms with Crippen LogP contribution in [0.2, 0.25) is 0 Å². The molecule has 0 saturated carbocycles. The molecule has 0 fully saturated rings. The first-order chi connectivity index (χ1) is 11.9. The molecule has 0 aliphatic rings. The molecule has 3 aromatic rings. The summed E-state index contributed by atoms with van der Waals surface area (Å²) in [6.45, 7) is 2.37. The zero-order valence-electron chi connectivity index (χ0n) is 13.8. The van der Waals surface area contributed by atoms with E-state index in [4.69, 9.17) is 4.74 Å². The topological polar surface area (TPSA) is 21.3 Å². The SMILES string of the molecule is c1ccc(CCNCc2ccccc2OCc2ccccc2)cc1. The molecule has 3 rings (SSSR count). The van der Waals surface area contributed by atoms with Crippen molar-refractivity contribution in [2.45, 2.75) is 19.6 Å². The number of nitrogens with one attached hydrogen (secondary N) is 1. The molecule has 0 saturated heterocycles. The maximum Gasteiger partial charge on any atom is 0.124 e. The summed E-state index contributed by atoms with van der Waals surface area (Å²) < 4.78 is 6.00. The van der Waals surface area contributed by atoms with Crippen LogP contribution in [0.15, 0.2) is 84.9 Å². The van der Waals surface area contributed by atoms with Crippen molar-refractivity contribution in [2.24, 2.45) is 0 Å². The van der Waals surface area contributed by atoms with Gasteiger partial charge in [-0.15, -0.1) is 0 Å². The van der Waals surface area contributed by atoms with E-state index in [1.807, 2.05) is 30.3 Å². The van der Waals surface area contributed by atoms with Gasteiger partial charge in [-0.25, -0.2) is 0 Å². The largest absolute Gasteiger partial charge is 0.489 e. The van der Waals surface area contributed by atoms with Gasteiger partial charge in [-0.2, -0.15) is 0 Å². The van der Waals surface area contributed by atoms with Crippen molar-refractivity contribution < 1.29 is 4.74 Å². The van der Waals surface area contributed by atoms with E-state index in [1.165, 1.54) is 16.7 Å². The first-order valence-electron chi connectivity index (χ1n) is 8.41. The van der Waals surface area contributed by atoms with Crippen LogP contribution in [0.25, 0.3) is 0 Å². The Bertz CT molecular complexity index is 725. The number of hydrogen-bond acceptors (Lipinski definition) is 2. The van der Waals surface area contributed by atoms with E-state index >= 15 is 0 Å². The van der Waals surface area contributed by atoms with Gasteiger partial charge in [0.25, 0.3) is 0 Å². The smallest absolute Gasteiger partial charge is 0.124 e. The van der Waals surface area contributed by atoms with Crippen LogP contribution in [0.4, 0.5) is 0 Å². The van der Waals surface area contributed by atoms with E-state index in [-0.39, 0.29) is 0 Å². The van der Waals surface area contributed by atoms with Gasteiger partial charge in [0.05, 0.1) is 0 Å². The van der Waals surface area contributed by atoms with Crippen LogP contribution in [-0.4, -0.2) is 6.54 Å². The average molecular weight is 317 g/mol. The molecule has 0 unspecified atom stereocenters. The Morgan fingerprint density at radius 1 is 0.667 bits per heavy atom. The third kappa shape index (κ3) is 4.97. The van der Waals surface area contributed by atoms with Crippen molar-refractivity contribution in [3.05, 3.63) is 102 Å². The number of hydrogen-bond donors (Lipinski definition) is 1. The molecule has 0 atom stereocenters. The average Bonchev–Trinajstić information content (AvgIpc) is 2.66. The lowest BCUT2D eigenvalue weighted by molar-refractivity contribution is 0.302. The van der Waals surface area contributed by atoms with Crippen LogP contribution < -0.4 is 10.1 Å². The Balaban J connectivity index is 1.50. The highest BCUT2D eigenvalue weighted by molar-refractivity contribution is 5.33. The Kier molecular flexibility index (Phi) is 6.04. The molecule has 0 amide bonds. The van der Waals surface area contributed by atoms with E-state index in [1.54, 1.807) is 0 Å². The molecule has 0 heterocycles. The fourth-order valence-electron chi connectivity index (χ4n) is 2.63. The van der Waals surface area contributed by atoms with Gasteiger partial charge in [-0.05, 0) is 30.2 Å². The lowest BCUT2D eigenvalue weighted by Gasteiger charge is -2.12. The predicted octanol–water partition coefficient (Wildman–Crippen LogP) is 4.60. The lowest BCUT2D eigenvalue weighted by Crippen LogP contribution is -2.17. The van der Waals surface area contributed by atoms with E-state index in [9.17, 15) is 0 Å². The van der Waals surface area contributed by atoms with Gasteiger partial charge in [0.1, 0.15) is 12.4 Å². The molecule has 3 aromatic carbocycles. The minimum absolute atomic E-state index is 0.599. The van der Waals surface area contributed by atoms with Crippen molar-refractivity contribution in [1.29, 1.82) is 0 Å². The fraction of sp³-hybridized carbons (Fsp3) is 0.182. The molecule has 0 aliphatic carbocycles. The first kappa shape index (κ1) is 16.3. The van der Waals surface area contributed by atoms with E-state index < -0.39 is 0 Å². The highest BCUT2D eigenvalue weighted by Crippen LogP contribution is 2.19. The Morgan fingerprint density at radius 2 is 1.29 bits per heavy atom. The molecule has 0 spiro atoms. The predicted molar refractivity (Wildman–Crippen MR) is 99.1 cm³/mol. The standard InChI is InChI=1S/C22H23NO/c1-3-9-19(10-4-1)15-16-23-17-21-13-7-8-14-22(21)24-18-20-11-5-2-6-12-20/h1-14,23H,15-18H2. The maximum absolute atomic E-state index is 6.00. The summed E-state index contributed by atoms with van der Waals surface area (Å²) in [7, 11) is 0. The van der Waals surface area contributed by atoms with Gasteiger partial charge in [-0.3, -0.25) is 0 Å². The second-order valence-corrected chi connectivity index (χ2v) is 5.79.